The van der Waals surface area contributed by atoms with E-state index >= 15 is 0 Å². The number of hydrogen-bond donors (Lipinski definition) is 1. The first-order valence-electron chi connectivity index (χ1n) is 12.8. The summed E-state index contributed by atoms with van der Waals surface area (Å²) in [6.45, 7) is 3.64. The highest BCUT2D eigenvalue weighted by molar-refractivity contribution is 6.03. The van der Waals surface area contributed by atoms with Crippen molar-refractivity contribution < 1.29 is 18.7 Å². The Hall–Kier alpha value is -3.43. The number of rotatable bonds is 8. The quantitative estimate of drug-likeness (QED) is 0.341. The van der Waals surface area contributed by atoms with Crippen molar-refractivity contribution in [1.82, 2.24) is 15.0 Å². The summed E-state index contributed by atoms with van der Waals surface area (Å²) in [6, 6.07) is 8.68. The molecule has 1 aliphatic heterocycles. The number of halogens is 1. The highest BCUT2D eigenvalue weighted by Gasteiger charge is 2.30. The van der Waals surface area contributed by atoms with Crippen molar-refractivity contribution in [2.24, 2.45) is 5.16 Å². The summed E-state index contributed by atoms with van der Waals surface area (Å²) in [5.41, 5.74) is 11.9. The number of oxime groups is 1. The summed E-state index contributed by atoms with van der Waals surface area (Å²) in [5, 5.41) is 4.52. The lowest BCUT2D eigenvalue weighted by molar-refractivity contribution is -0.164. The molecular formula is C28H32FN5O3. The molecule has 8 nitrogen and oxygen atoms in total. The van der Waals surface area contributed by atoms with E-state index in [1.54, 1.807) is 18.5 Å². The van der Waals surface area contributed by atoms with Crippen LogP contribution in [0.3, 0.4) is 0 Å². The molecule has 2 atom stereocenters. The maximum atomic E-state index is 14.3. The third kappa shape index (κ3) is 6.11. The van der Waals surface area contributed by atoms with Crippen molar-refractivity contribution in [3.8, 4) is 11.1 Å². The van der Waals surface area contributed by atoms with Gasteiger partial charge in [0.25, 0.3) is 0 Å². The molecule has 37 heavy (non-hydrogen) atoms. The molecule has 1 saturated heterocycles. The first-order valence-corrected chi connectivity index (χ1v) is 12.8. The van der Waals surface area contributed by atoms with Crippen molar-refractivity contribution in [1.29, 1.82) is 0 Å². The largest absolute Gasteiger partial charge is 0.395 e. The minimum absolute atomic E-state index is 0.00568. The number of aryl methyl sites for hydroxylation is 1. The van der Waals surface area contributed by atoms with Gasteiger partial charge in [0.1, 0.15) is 12.4 Å². The number of nitrogen functional groups attached to an aromatic ring is 1. The first kappa shape index (κ1) is 25.2. The number of benzene rings is 1. The first-order chi connectivity index (χ1) is 18.1. The average molecular weight is 506 g/mol. The van der Waals surface area contributed by atoms with E-state index in [9.17, 15) is 4.39 Å². The summed E-state index contributed by atoms with van der Waals surface area (Å²) in [6.07, 6.45) is 8.46. The summed E-state index contributed by atoms with van der Waals surface area (Å²) in [4.78, 5) is 18.9. The summed E-state index contributed by atoms with van der Waals surface area (Å²) >= 11 is 0. The lowest BCUT2D eigenvalue weighted by Crippen LogP contribution is -2.24. The number of nitrogens with zero attached hydrogens (tertiary/aromatic N) is 4. The van der Waals surface area contributed by atoms with Gasteiger partial charge in [-0.2, -0.15) is 0 Å². The number of aromatic nitrogens is 3. The van der Waals surface area contributed by atoms with Gasteiger partial charge in [-0.3, -0.25) is 4.98 Å². The van der Waals surface area contributed by atoms with E-state index in [2.05, 4.69) is 20.1 Å². The van der Waals surface area contributed by atoms with E-state index in [1.807, 2.05) is 25.1 Å². The molecule has 9 heteroatoms. The maximum absolute atomic E-state index is 14.3. The van der Waals surface area contributed by atoms with Crippen LogP contribution in [0.5, 0.6) is 0 Å². The van der Waals surface area contributed by atoms with Crippen molar-refractivity contribution in [3.63, 3.8) is 0 Å². The second kappa shape index (κ2) is 11.7. The molecule has 5 rings (SSSR count). The predicted octanol–water partition coefficient (Wildman–Crippen LogP) is 4.95. The molecule has 0 radical (unpaired) electrons. The molecule has 3 heterocycles. The minimum atomic E-state index is -0.292. The van der Waals surface area contributed by atoms with Gasteiger partial charge in [0, 0.05) is 43.0 Å². The van der Waals surface area contributed by atoms with Crippen molar-refractivity contribution in [2.75, 3.05) is 25.6 Å². The van der Waals surface area contributed by atoms with Gasteiger partial charge in [-0.1, -0.05) is 17.3 Å². The Labute approximate surface area is 216 Å². The molecule has 0 saturated carbocycles. The van der Waals surface area contributed by atoms with Crippen LogP contribution in [0.15, 0.2) is 47.9 Å². The SMILES string of the molecule is Cc1nc(N)nc2c1/C(=N/OCCCOC1CCCCO1)CC(c1ccc(F)cc1-c1cccnc1)C2. The lowest BCUT2D eigenvalue weighted by atomic mass is 9.78. The Bertz CT molecular complexity index is 1250. The van der Waals surface area contributed by atoms with Crippen LogP contribution in [0.25, 0.3) is 11.1 Å². The fourth-order valence-corrected chi connectivity index (χ4v) is 5.08. The van der Waals surface area contributed by atoms with E-state index < -0.39 is 0 Å². The van der Waals surface area contributed by atoms with Gasteiger partial charge in [0.2, 0.25) is 5.95 Å². The monoisotopic (exact) mass is 505 g/mol. The van der Waals surface area contributed by atoms with Crippen LogP contribution >= 0.6 is 0 Å². The fraction of sp³-hybridized carbons (Fsp3) is 0.429. The normalized spacial score (nSPS) is 20.5. The molecule has 0 spiro atoms. The number of nitrogens with two attached hydrogens (primary N) is 1. The van der Waals surface area contributed by atoms with Crippen LogP contribution in [0.4, 0.5) is 10.3 Å². The molecule has 3 aromatic rings. The van der Waals surface area contributed by atoms with Gasteiger partial charge in [-0.25, -0.2) is 14.4 Å². The van der Waals surface area contributed by atoms with Gasteiger partial charge in [-0.05, 0) is 67.9 Å². The molecule has 0 amide bonds. The third-order valence-corrected chi connectivity index (χ3v) is 6.77. The Morgan fingerprint density at radius 1 is 1.16 bits per heavy atom. The summed E-state index contributed by atoms with van der Waals surface area (Å²) < 4.78 is 25.7. The van der Waals surface area contributed by atoms with E-state index in [0.29, 0.717) is 32.5 Å². The minimum Gasteiger partial charge on any atom is -0.395 e. The summed E-state index contributed by atoms with van der Waals surface area (Å²) in [5.74, 6) is -0.0590. The number of fused-ring (bicyclic) bond motifs is 1. The van der Waals surface area contributed by atoms with Gasteiger partial charge in [-0.15, -0.1) is 0 Å². The molecule has 2 aliphatic rings. The number of anilines is 1. The Morgan fingerprint density at radius 2 is 2.08 bits per heavy atom. The van der Waals surface area contributed by atoms with Crippen molar-refractivity contribution >= 4 is 11.7 Å². The zero-order valence-corrected chi connectivity index (χ0v) is 21.0. The molecule has 194 valence electrons. The second-order valence-corrected chi connectivity index (χ2v) is 9.46. The zero-order chi connectivity index (χ0) is 25.6. The highest BCUT2D eigenvalue weighted by atomic mass is 19.1. The number of ether oxygens (including phenoxy) is 2. The molecule has 0 bridgehead atoms. The lowest BCUT2D eigenvalue weighted by Gasteiger charge is -2.28. The predicted molar refractivity (Wildman–Crippen MR) is 139 cm³/mol. The number of pyridine rings is 1. The molecular weight excluding hydrogens is 473 g/mol. The van der Waals surface area contributed by atoms with Gasteiger partial charge >= 0.3 is 0 Å². The zero-order valence-electron chi connectivity index (χ0n) is 21.0. The second-order valence-electron chi connectivity index (χ2n) is 9.46. The Kier molecular flexibility index (Phi) is 8.01. The van der Waals surface area contributed by atoms with E-state index in [-0.39, 0.29) is 24.0 Å². The smallest absolute Gasteiger partial charge is 0.220 e. The van der Waals surface area contributed by atoms with Crippen LogP contribution in [-0.2, 0) is 20.7 Å². The molecule has 1 aliphatic carbocycles. The van der Waals surface area contributed by atoms with Gasteiger partial charge in [0.05, 0.1) is 23.7 Å². The fourth-order valence-electron chi connectivity index (χ4n) is 5.08. The molecule has 1 fully saturated rings. The van der Waals surface area contributed by atoms with E-state index in [0.717, 1.165) is 65.2 Å². The molecule has 1 aromatic carbocycles. The van der Waals surface area contributed by atoms with E-state index in [1.165, 1.54) is 6.07 Å². The standard InChI is InChI=1S/C28H32FN5O3/c1-18-27-24(33-28(30)32-18)14-20(22-9-8-21(29)16-23(22)19-6-4-10-31-17-19)15-25(27)34-37-13-5-12-36-26-7-2-3-11-35-26/h4,6,8-10,16-17,20,26H,2-3,5,7,11-15H2,1H3,(H2,30,32,33)/b34-25+. The topological polar surface area (TPSA) is 105 Å². The average Bonchev–Trinajstić information content (AvgIpc) is 2.91. The molecule has 2 aromatic heterocycles. The number of hydrogen-bond acceptors (Lipinski definition) is 8. The summed E-state index contributed by atoms with van der Waals surface area (Å²) in [7, 11) is 0. The van der Waals surface area contributed by atoms with Crippen LogP contribution in [0, 0.1) is 12.7 Å². The highest BCUT2D eigenvalue weighted by Crippen LogP contribution is 2.38. The Balaban J connectivity index is 1.35. The van der Waals surface area contributed by atoms with Crippen LogP contribution < -0.4 is 5.73 Å². The van der Waals surface area contributed by atoms with Crippen LogP contribution in [0.1, 0.15) is 60.5 Å². The van der Waals surface area contributed by atoms with Crippen LogP contribution in [-0.4, -0.2) is 46.8 Å². The molecule has 2 unspecified atom stereocenters. The van der Waals surface area contributed by atoms with Gasteiger partial charge in [0.15, 0.2) is 6.29 Å². The third-order valence-electron chi connectivity index (χ3n) is 6.77. The Morgan fingerprint density at radius 3 is 2.89 bits per heavy atom. The maximum Gasteiger partial charge on any atom is 0.220 e. The molecule has 2 N–H and O–H groups in total. The van der Waals surface area contributed by atoms with Crippen LogP contribution in [0.2, 0.25) is 0 Å². The van der Waals surface area contributed by atoms with Crippen molar-refractivity contribution in [2.45, 2.75) is 57.7 Å². The van der Waals surface area contributed by atoms with E-state index in [4.69, 9.17) is 20.0 Å². The van der Waals surface area contributed by atoms with Gasteiger partial charge < -0.3 is 20.0 Å². The van der Waals surface area contributed by atoms with Crippen molar-refractivity contribution in [3.05, 3.63) is 71.1 Å².